The summed E-state index contributed by atoms with van der Waals surface area (Å²) >= 11 is 3.72. The molecule has 0 aromatic heterocycles. The molecule has 0 heterocycles. The van der Waals surface area contributed by atoms with Gasteiger partial charge in [-0.3, -0.25) is 0 Å². The van der Waals surface area contributed by atoms with E-state index in [0.29, 0.717) is 6.07 Å². The van der Waals surface area contributed by atoms with E-state index in [9.17, 15) is 0 Å². The van der Waals surface area contributed by atoms with Crippen LogP contribution in [-0.2, 0) is 4.74 Å². The van der Waals surface area contributed by atoms with Gasteiger partial charge in [-0.2, -0.15) is 0 Å². The van der Waals surface area contributed by atoms with Gasteiger partial charge in [-0.15, -0.1) is 0 Å². The number of halogens is 1. The van der Waals surface area contributed by atoms with E-state index in [2.05, 4.69) is 20.8 Å². The Morgan fingerprint density at radius 1 is 0.824 bits per heavy atom. The van der Waals surface area contributed by atoms with Crippen molar-refractivity contribution in [3.63, 3.8) is 0 Å². The third kappa shape index (κ3) is 8.71. The van der Waals surface area contributed by atoms with Crippen LogP contribution in [0.15, 0.2) is 0 Å². The van der Waals surface area contributed by atoms with Crippen LogP contribution < -0.4 is 0 Å². The normalized spacial score (nSPS) is 12.0. The van der Waals surface area contributed by atoms with Crippen molar-refractivity contribution >= 4 is 30.0 Å². The molecule has 0 aromatic carbocycles. The molecule has 0 amide bonds. The zero-order valence-electron chi connectivity index (χ0n) is 12.1. The molecular formula is C14H31ClOSn. The van der Waals surface area contributed by atoms with Crippen LogP contribution in [0.3, 0.4) is 0 Å². The van der Waals surface area contributed by atoms with E-state index in [1.165, 1.54) is 51.8 Å². The summed E-state index contributed by atoms with van der Waals surface area (Å²) in [6.45, 7) is 6.91. The van der Waals surface area contributed by atoms with Gasteiger partial charge in [0.15, 0.2) is 0 Å². The third-order valence-corrected chi connectivity index (χ3v) is 18.3. The van der Waals surface area contributed by atoms with Crippen molar-refractivity contribution in [3.05, 3.63) is 0 Å². The van der Waals surface area contributed by atoms with Crippen molar-refractivity contribution in [2.45, 2.75) is 72.6 Å². The monoisotopic (exact) mass is 370 g/mol. The van der Waals surface area contributed by atoms with Gasteiger partial charge in [0.05, 0.1) is 0 Å². The van der Waals surface area contributed by atoms with Crippen molar-refractivity contribution in [3.8, 4) is 0 Å². The second-order valence-corrected chi connectivity index (χ2v) is 19.2. The number of ether oxygens (including phenoxy) is 1. The van der Waals surface area contributed by atoms with Crippen LogP contribution in [0, 0.1) is 0 Å². The number of hydrogen-bond acceptors (Lipinski definition) is 1. The Morgan fingerprint density at radius 3 is 1.53 bits per heavy atom. The quantitative estimate of drug-likeness (QED) is 0.322. The Balaban J connectivity index is 4.39. The van der Waals surface area contributed by atoms with E-state index < -0.39 is 18.4 Å². The fraction of sp³-hybridized carbons (Fsp3) is 1.00. The Kier molecular flexibility index (Phi) is 12.8. The molecule has 0 N–H and O–H groups in total. The van der Waals surface area contributed by atoms with Crippen LogP contribution in [0.4, 0.5) is 0 Å². The summed E-state index contributed by atoms with van der Waals surface area (Å²) in [5.74, 6) is 0. The summed E-state index contributed by atoms with van der Waals surface area (Å²) in [7, 11) is 0. The van der Waals surface area contributed by atoms with Gasteiger partial charge >= 0.3 is 118 Å². The van der Waals surface area contributed by atoms with Crippen LogP contribution in [0.25, 0.3) is 0 Å². The maximum absolute atomic E-state index is 5.72. The van der Waals surface area contributed by atoms with E-state index in [1.807, 2.05) is 0 Å². The second kappa shape index (κ2) is 12.1. The molecule has 1 nitrogen and oxygen atoms in total. The molecule has 0 atom stereocenters. The molecule has 0 saturated carbocycles. The van der Waals surface area contributed by atoms with Gasteiger partial charge in [0.2, 0.25) is 0 Å². The molecule has 0 bridgehead atoms. The standard InChI is InChI=1S/3C4H9.C2H4ClO.Sn/c3*1-3-4-2;1-4-2-3;/h3*1,3-4H2,2H3;1-2H2;. The first-order valence-corrected chi connectivity index (χ1v) is 16.0. The molecule has 0 fully saturated rings. The average Bonchev–Trinajstić information content (AvgIpc) is 2.37. The molecule has 0 aliphatic heterocycles. The number of rotatable bonds is 12. The third-order valence-electron chi connectivity index (χ3n) is 3.67. The number of unbranched alkanes of at least 4 members (excludes halogenated alkanes) is 3. The average molecular weight is 370 g/mol. The Hall–Kier alpha value is 1.05. The molecule has 104 valence electrons. The first-order valence-electron chi connectivity index (χ1n) is 7.38. The van der Waals surface area contributed by atoms with Crippen LogP contribution in [0.5, 0.6) is 0 Å². The molecule has 0 aromatic rings. The number of hydrogen-bond donors (Lipinski definition) is 0. The predicted molar refractivity (Wildman–Crippen MR) is 81.6 cm³/mol. The van der Waals surface area contributed by atoms with Crippen molar-refractivity contribution in [2.75, 3.05) is 10.7 Å². The van der Waals surface area contributed by atoms with Crippen LogP contribution in [-0.4, -0.2) is 29.1 Å². The molecular weight excluding hydrogens is 338 g/mol. The van der Waals surface area contributed by atoms with E-state index in [-0.39, 0.29) is 0 Å². The van der Waals surface area contributed by atoms with Gasteiger partial charge in [-0.25, -0.2) is 0 Å². The summed E-state index contributed by atoms with van der Waals surface area (Å²) in [5, 5.41) is 0. The van der Waals surface area contributed by atoms with Crippen molar-refractivity contribution in [2.24, 2.45) is 0 Å². The van der Waals surface area contributed by atoms with E-state index in [4.69, 9.17) is 16.3 Å². The second-order valence-electron chi connectivity index (χ2n) is 5.27. The molecule has 0 unspecified atom stereocenters. The summed E-state index contributed by atoms with van der Waals surface area (Å²) in [6, 6.07) is 0.392. The first kappa shape index (κ1) is 18.0. The maximum atomic E-state index is 5.72. The van der Waals surface area contributed by atoms with Gasteiger partial charge in [-0.1, -0.05) is 0 Å². The molecule has 0 radical (unpaired) electrons. The molecule has 0 saturated heterocycles. The first-order chi connectivity index (χ1) is 8.24. The SMILES string of the molecule is CCC[CH2][Sn]([CH2]CCC)([CH2]CCC)[CH2]OCCl. The summed E-state index contributed by atoms with van der Waals surface area (Å²) in [6.07, 6.45) is 8.23. The Bertz CT molecular complexity index is 127. The fourth-order valence-electron chi connectivity index (χ4n) is 2.50. The van der Waals surface area contributed by atoms with Gasteiger partial charge in [0.1, 0.15) is 0 Å². The van der Waals surface area contributed by atoms with Crippen LogP contribution in [0.2, 0.25) is 13.3 Å². The van der Waals surface area contributed by atoms with Crippen LogP contribution >= 0.6 is 11.6 Å². The molecule has 0 aliphatic rings. The molecule has 0 spiro atoms. The number of alkyl halides is 1. The van der Waals surface area contributed by atoms with E-state index >= 15 is 0 Å². The van der Waals surface area contributed by atoms with Crippen molar-refractivity contribution in [1.29, 1.82) is 0 Å². The fourth-order valence-corrected chi connectivity index (χ4v) is 17.3. The zero-order chi connectivity index (χ0) is 13.0. The minimum absolute atomic E-state index is 0.392. The predicted octanol–water partition coefficient (Wildman–Crippen LogP) is 5.59. The van der Waals surface area contributed by atoms with Gasteiger partial charge < -0.3 is 0 Å². The topological polar surface area (TPSA) is 9.23 Å². The van der Waals surface area contributed by atoms with E-state index in [0.717, 1.165) is 4.62 Å². The van der Waals surface area contributed by atoms with E-state index in [1.54, 1.807) is 0 Å². The molecule has 3 heteroatoms. The Labute approximate surface area is 118 Å². The van der Waals surface area contributed by atoms with Gasteiger partial charge in [0, 0.05) is 0 Å². The summed E-state index contributed by atoms with van der Waals surface area (Å²) in [4.78, 5) is 0. The Morgan fingerprint density at radius 2 is 1.24 bits per heavy atom. The van der Waals surface area contributed by atoms with Crippen LogP contribution in [0.1, 0.15) is 59.3 Å². The molecule has 0 aliphatic carbocycles. The van der Waals surface area contributed by atoms with Crippen molar-refractivity contribution in [1.82, 2.24) is 0 Å². The van der Waals surface area contributed by atoms with Crippen molar-refractivity contribution < 1.29 is 4.74 Å². The summed E-state index contributed by atoms with van der Waals surface area (Å²) in [5.41, 5.74) is 0. The summed E-state index contributed by atoms with van der Waals surface area (Å²) < 4.78 is 11.3. The van der Waals surface area contributed by atoms with Gasteiger partial charge in [-0.05, 0) is 0 Å². The van der Waals surface area contributed by atoms with Gasteiger partial charge in [0.25, 0.3) is 0 Å². The molecule has 17 heavy (non-hydrogen) atoms. The minimum atomic E-state index is -2.00. The molecule has 0 rings (SSSR count). The zero-order valence-corrected chi connectivity index (χ0v) is 15.7.